The van der Waals surface area contributed by atoms with Crippen LogP contribution in [-0.4, -0.2) is 16.5 Å². The largest absolute Gasteiger partial charge is 0.486 e. The average Bonchev–Trinajstić information content (AvgIpc) is 2.44. The van der Waals surface area contributed by atoms with Crippen LogP contribution in [0.3, 0.4) is 0 Å². The van der Waals surface area contributed by atoms with Crippen LogP contribution in [0.25, 0.3) is 0 Å². The van der Waals surface area contributed by atoms with Gasteiger partial charge in [-0.25, -0.2) is 9.97 Å². The third kappa shape index (κ3) is 4.63. The van der Waals surface area contributed by atoms with Crippen molar-refractivity contribution in [1.82, 2.24) is 9.97 Å². The second-order valence-electron chi connectivity index (χ2n) is 4.48. The Morgan fingerprint density at radius 3 is 2.65 bits per heavy atom. The van der Waals surface area contributed by atoms with E-state index in [1.807, 2.05) is 37.3 Å². The molecule has 0 radical (unpaired) electrons. The Balaban J connectivity index is 2.01. The number of rotatable bonds is 6. The third-order valence-corrected chi connectivity index (χ3v) is 3.36. The van der Waals surface area contributed by atoms with E-state index in [0.717, 1.165) is 30.2 Å². The molecular formula is C15H18IN3O. The summed E-state index contributed by atoms with van der Waals surface area (Å²) < 4.78 is 6.89. The molecule has 0 amide bonds. The van der Waals surface area contributed by atoms with E-state index in [-0.39, 0.29) is 0 Å². The van der Waals surface area contributed by atoms with Gasteiger partial charge in [0.25, 0.3) is 0 Å². The van der Waals surface area contributed by atoms with Crippen LogP contribution in [0.15, 0.2) is 30.3 Å². The predicted octanol–water partition coefficient (Wildman–Crippen LogP) is 3.79. The number of hydrogen-bond donors (Lipinski definition) is 1. The quantitative estimate of drug-likeness (QED) is 0.772. The summed E-state index contributed by atoms with van der Waals surface area (Å²) >= 11 is 2.27. The lowest BCUT2D eigenvalue weighted by atomic mass is 10.3. The van der Waals surface area contributed by atoms with Gasteiger partial charge in [0, 0.05) is 21.9 Å². The van der Waals surface area contributed by atoms with Crippen molar-refractivity contribution in [2.75, 3.05) is 11.9 Å². The number of aromatic nitrogens is 2. The van der Waals surface area contributed by atoms with Gasteiger partial charge in [0.05, 0.1) is 0 Å². The van der Waals surface area contributed by atoms with Gasteiger partial charge in [-0.1, -0.05) is 6.92 Å². The van der Waals surface area contributed by atoms with Gasteiger partial charge in [0.2, 0.25) is 0 Å². The normalized spacial score (nSPS) is 10.3. The van der Waals surface area contributed by atoms with E-state index in [4.69, 9.17) is 4.74 Å². The number of aryl methyl sites for hydroxylation is 1. The molecule has 2 aromatic rings. The van der Waals surface area contributed by atoms with Gasteiger partial charge in [-0.3, -0.25) is 0 Å². The number of hydrogen-bond acceptors (Lipinski definition) is 4. The highest BCUT2D eigenvalue weighted by atomic mass is 127. The summed E-state index contributed by atoms with van der Waals surface area (Å²) in [7, 11) is 0. The van der Waals surface area contributed by atoms with Crippen molar-refractivity contribution in [2.24, 2.45) is 0 Å². The summed E-state index contributed by atoms with van der Waals surface area (Å²) in [4.78, 5) is 8.85. The van der Waals surface area contributed by atoms with Crippen LogP contribution in [0.1, 0.15) is 24.9 Å². The summed E-state index contributed by atoms with van der Waals surface area (Å²) in [6.45, 7) is 5.38. The summed E-state index contributed by atoms with van der Waals surface area (Å²) in [5, 5.41) is 3.27. The minimum absolute atomic E-state index is 0.378. The van der Waals surface area contributed by atoms with Crippen LogP contribution in [0.4, 0.5) is 5.82 Å². The summed E-state index contributed by atoms with van der Waals surface area (Å²) in [5.41, 5.74) is 0.944. The van der Waals surface area contributed by atoms with Crippen molar-refractivity contribution < 1.29 is 4.74 Å². The molecule has 1 aromatic carbocycles. The topological polar surface area (TPSA) is 47.0 Å². The molecule has 0 aliphatic rings. The van der Waals surface area contributed by atoms with Gasteiger partial charge >= 0.3 is 0 Å². The molecule has 0 atom stereocenters. The van der Waals surface area contributed by atoms with Crippen molar-refractivity contribution in [3.63, 3.8) is 0 Å². The van der Waals surface area contributed by atoms with Crippen LogP contribution in [0.2, 0.25) is 0 Å². The number of ether oxygens (including phenoxy) is 1. The lowest BCUT2D eigenvalue weighted by molar-refractivity contribution is 0.295. The van der Waals surface area contributed by atoms with E-state index < -0.39 is 0 Å². The molecule has 0 saturated carbocycles. The number of halogens is 1. The Morgan fingerprint density at radius 2 is 1.95 bits per heavy atom. The molecule has 2 rings (SSSR count). The molecule has 0 saturated heterocycles. The average molecular weight is 383 g/mol. The van der Waals surface area contributed by atoms with Crippen molar-refractivity contribution in [2.45, 2.75) is 26.9 Å². The molecule has 1 heterocycles. The highest BCUT2D eigenvalue weighted by Crippen LogP contribution is 2.15. The Morgan fingerprint density at radius 1 is 1.20 bits per heavy atom. The number of benzene rings is 1. The predicted molar refractivity (Wildman–Crippen MR) is 89.0 cm³/mol. The van der Waals surface area contributed by atoms with Crippen LogP contribution in [0.5, 0.6) is 5.75 Å². The Hall–Kier alpha value is -1.37. The van der Waals surface area contributed by atoms with Gasteiger partial charge < -0.3 is 10.1 Å². The second kappa shape index (κ2) is 7.42. The van der Waals surface area contributed by atoms with E-state index in [9.17, 15) is 0 Å². The van der Waals surface area contributed by atoms with E-state index in [1.165, 1.54) is 3.57 Å². The van der Waals surface area contributed by atoms with E-state index in [0.29, 0.717) is 12.4 Å². The van der Waals surface area contributed by atoms with Crippen molar-refractivity contribution in [3.05, 3.63) is 45.4 Å². The SMILES string of the molecule is CCCNc1cc(C)nc(COc2ccc(I)cc2)n1. The first-order valence-corrected chi connectivity index (χ1v) is 7.72. The van der Waals surface area contributed by atoms with Crippen molar-refractivity contribution >= 4 is 28.4 Å². The minimum atomic E-state index is 0.378. The van der Waals surface area contributed by atoms with Crippen molar-refractivity contribution in [3.8, 4) is 5.75 Å². The first-order valence-electron chi connectivity index (χ1n) is 6.64. The van der Waals surface area contributed by atoms with Gasteiger partial charge in [-0.2, -0.15) is 0 Å². The standard InChI is InChI=1S/C15H18IN3O/c1-3-8-17-14-9-11(2)18-15(19-14)10-20-13-6-4-12(16)5-7-13/h4-7,9H,3,8,10H2,1-2H3,(H,17,18,19). The van der Waals surface area contributed by atoms with E-state index >= 15 is 0 Å². The fourth-order valence-corrected chi connectivity index (χ4v) is 2.08. The van der Waals surface area contributed by atoms with Crippen LogP contribution >= 0.6 is 22.6 Å². The summed E-state index contributed by atoms with van der Waals surface area (Å²) in [6, 6.07) is 9.88. The highest BCUT2D eigenvalue weighted by molar-refractivity contribution is 14.1. The maximum Gasteiger partial charge on any atom is 0.168 e. The molecule has 0 aliphatic carbocycles. The molecule has 0 fully saturated rings. The van der Waals surface area contributed by atoms with Gasteiger partial charge in [-0.15, -0.1) is 0 Å². The first kappa shape index (κ1) is 15.0. The zero-order chi connectivity index (χ0) is 14.4. The van der Waals surface area contributed by atoms with Gasteiger partial charge in [-0.05, 0) is 60.2 Å². The number of nitrogens with zero attached hydrogens (tertiary/aromatic N) is 2. The van der Waals surface area contributed by atoms with Gasteiger partial charge in [0.1, 0.15) is 18.2 Å². The number of nitrogens with one attached hydrogen (secondary N) is 1. The molecule has 0 unspecified atom stereocenters. The molecule has 4 nitrogen and oxygen atoms in total. The molecule has 0 aliphatic heterocycles. The van der Waals surface area contributed by atoms with Crippen LogP contribution in [-0.2, 0) is 6.61 Å². The fraction of sp³-hybridized carbons (Fsp3) is 0.333. The molecule has 1 aromatic heterocycles. The van der Waals surface area contributed by atoms with Gasteiger partial charge in [0.15, 0.2) is 5.82 Å². The molecular weight excluding hydrogens is 365 g/mol. The maximum absolute atomic E-state index is 5.71. The number of anilines is 1. The smallest absolute Gasteiger partial charge is 0.168 e. The lowest BCUT2D eigenvalue weighted by Gasteiger charge is -2.09. The first-order chi connectivity index (χ1) is 9.67. The lowest BCUT2D eigenvalue weighted by Crippen LogP contribution is -2.08. The molecule has 1 N–H and O–H groups in total. The molecule has 0 spiro atoms. The summed E-state index contributed by atoms with van der Waals surface area (Å²) in [5.74, 6) is 2.39. The highest BCUT2D eigenvalue weighted by Gasteiger charge is 2.03. The summed E-state index contributed by atoms with van der Waals surface area (Å²) in [6.07, 6.45) is 1.07. The van der Waals surface area contributed by atoms with Crippen LogP contribution < -0.4 is 10.1 Å². The Bertz CT molecular complexity index is 558. The van der Waals surface area contributed by atoms with E-state index in [2.05, 4.69) is 44.8 Å². The maximum atomic E-state index is 5.71. The molecule has 20 heavy (non-hydrogen) atoms. The zero-order valence-corrected chi connectivity index (χ0v) is 13.8. The van der Waals surface area contributed by atoms with E-state index in [1.54, 1.807) is 0 Å². The monoisotopic (exact) mass is 383 g/mol. The third-order valence-electron chi connectivity index (χ3n) is 2.64. The second-order valence-corrected chi connectivity index (χ2v) is 5.73. The Labute approximate surface area is 133 Å². The van der Waals surface area contributed by atoms with Crippen molar-refractivity contribution in [1.29, 1.82) is 0 Å². The molecule has 106 valence electrons. The van der Waals surface area contributed by atoms with Crippen LogP contribution in [0, 0.1) is 10.5 Å². The zero-order valence-electron chi connectivity index (χ0n) is 11.7. The fourth-order valence-electron chi connectivity index (χ4n) is 1.72. The Kier molecular flexibility index (Phi) is 5.58. The molecule has 5 heteroatoms. The molecule has 0 bridgehead atoms. The minimum Gasteiger partial charge on any atom is -0.486 e.